The van der Waals surface area contributed by atoms with Crippen LogP contribution in [0, 0.1) is 10.8 Å². The Balaban J connectivity index is 2.99. The lowest BCUT2D eigenvalue weighted by Crippen LogP contribution is -2.47. The second-order valence-electron chi connectivity index (χ2n) is 4.97. The fourth-order valence-corrected chi connectivity index (χ4v) is 2.44. The molecule has 2 unspecified atom stereocenters. The van der Waals surface area contributed by atoms with Gasteiger partial charge in [0.1, 0.15) is 0 Å². The van der Waals surface area contributed by atoms with Crippen molar-refractivity contribution in [3.63, 3.8) is 0 Å². The van der Waals surface area contributed by atoms with Gasteiger partial charge in [-0.3, -0.25) is 9.59 Å². The standard InChI is InChI=1S/C10H16O5/c1-9(7(12)13)3-6(11)4-10(2,5-9)8(14)15/h6,11H,3-5H2,1-2H3,(H,12,13)(H,14,15). The quantitative estimate of drug-likeness (QED) is 0.632. The van der Waals surface area contributed by atoms with E-state index in [4.69, 9.17) is 10.2 Å². The number of hydrogen-bond donors (Lipinski definition) is 3. The van der Waals surface area contributed by atoms with Crippen LogP contribution in [-0.2, 0) is 9.59 Å². The van der Waals surface area contributed by atoms with Crippen molar-refractivity contribution >= 4 is 11.9 Å². The summed E-state index contributed by atoms with van der Waals surface area (Å²) in [4.78, 5) is 22.1. The lowest BCUT2D eigenvalue weighted by Gasteiger charge is -2.41. The fourth-order valence-electron chi connectivity index (χ4n) is 2.44. The molecule has 0 aliphatic heterocycles. The van der Waals surface area contributed by atoms with Gasteiger partial charge in [0.2, 0.25) is 0 Å². The topological polar surface area (TPSA) is 94.8 Å². The maximum Gasteiger partial charge on any atom is 0.309 e. The van der Waals surface area contributed by atoms with Gasteiger partial charge >= 0.3 is 11.9 Å². The molecule has 0 aromatic heterocycles. The molecule has 2 atom stereocenters. The molecule has 0 heterocycles. The molecule has 0 amide bonds. The third-order valence-corrected chi connectivity index (χ3v) is 3.19. The van der Waals surface area contributed by atoms with E-state index in [1.807, 2.05) is 0 Å². The van der Waals surface area contributed by atoms with Crippen LogP contribution in [0.1, 0.15) is 33.1 Å². The summed E-state index contributed by atoms with van der Waals surface area (Å²) in [6, 6.07) is 0. The minimum Gasteiger partial charge on any atom is -0.481 e. The zero-order chi connectivity index (χ0) is 11.9. The van der Waals surface area contributed by atoms with E-state index in [0.29, 0.717) is 0 Å². The average molecular weight is 216 g/mol. The van der Waals surface area contributed by atoms with Gasteiger partial charge in [0, 0.05) is 0 Å². The predicted molar refractivity (Wildman–Crippen MR) is 51.3 cm³/mol. The molecule has 1 aliphatic carbocycles. The van der Waals surface area contributed by atoms with Crippen molar-refractivity contribution in [1.82, 2.24) is 0 Å². The Hall–Kier alpha value is -1.10. The molecule has 0 aromatic rings. The summed E-state index contributed by atoms with van der Waals surface area (Å²) in [5.41, 5.74) is -2.30. The number of carbonyl (C=O) groups is 2. The summed E-state index contributed by atoms with van der Waals surface area (Å²) in [5.74, 6) is -2.09. The van der Waals surface area contributed by atoms with Crippen molar-refractivity contribution in [3.8, 4) is 0 Å². The molecule has 86 valence electrons. The van der Waals surface area contributed by atoms with Crippen molar-refractivity contribution in [3.05, 3.63) is 0 Å². The zero-order valence-electron chi connectivity index (χ0n) is 8.86. The summed E-state index contributed by atoms with van der Waals surface area (Å²) < 4.78 is 0. The van der Waals surface area contributed by atoms with E-state index in [0.717, 1.165) is 0 Å². The first-order valence-electron chi connectivity index (χ1n) is 4.84. The second kappa shape index (κ2) is 3.48. The second-order valence-corrected chi connectivity index (χ2v) is 4.97. The van der Waals surface area contributed by atoms with Crippen LogP contribution in [0.4, 0.5) is 0 Å². The maximum absolute atomic E-state index is 11.0. The van der Waals surface area contributed by atoms with E-state index in [1.165, 1.54) is 13.8 Å². The molecule has 1 saturated carbocycles. The van der Waals surface area contributed by atoms with Gasteiger partial charge in [-0.25, -0.2) is 0 Å². The third-order valence-electron chi connectivity index (χ3n) is 3.19. The first-order chi connectivity index (χ1) is 6.69. The Kier molecular flexibility index (Phi) is 2.78. The molecule has 0 aromatic carbocycles. The van der Waals surface area contributed by atoms with Crippen molar-refractivity contribution in [2.45, 2.75) is 39.2 Å². The molecule has 1 aliphatic rings. The highest BCUT2D eigenvalue weighted by Crippen LogP contribution is 2.46. The van der Waals surface area contributed by atoms with Crippen LogP contribution in [0.5, 0.6) is 0 Å². The Labute approximate surface area is 87.7 Å². The van der Waals surface area contributed by atoms with Gasteiger partial charge in [0.05, 0.1) is 16.9 Å². The lowest BCUT2D eigenvalue weighted by molar-refractivity contribution is -0.166. The molecule has 0 spiro atoms. The van der Waals surface area contributed by atoms with Gasteiger partial charge in [0.25, 0.3) is 0 Å². The molecule has 5 heteroatoms. The van der Waals surface area contributed by atoms with Crippen molar-refractivity contribution in [1.29, 1.82) is 0 Å². The van der Waals surface area contributed by atoms with E-state index < -0.39 is 28.9 Å². The molecule has 5 nitrogen and oxygen atoms in total. The molecule has 15 heavy (non-hydrogen) atoms. The van der Waals surface area contributed by atoms with Crippen LogP contribution < -0.4 is 0 Å². The summed E-state index contributed by atoms with van der Waals surface area (Å²) in [6.07, 6.45) is -0.570. The van der Waals surface area contributed by atoms with E-state index in [-0.39, 0.29) is 19.3 Å². The minimum atomic E-state index is -1.15. The number of carboxylic acid groups (broad SMARTS) is 2. The Morgan fingerprint density at radius 3 is 1.67 bits per heavy atom. The van der Waals surface area contributed by atoms with E-state index in [1.54, 1.807) is 0 Å². The number of aliphatic hydroxyl groups is 1. The van der Waals surface area contributed by atoms with Crippen LogP contribution >= 0.6 is 0 Å². The van der Waals surface area contributed by atoms with Crippen LogP contribution in [0.2, 0.25) is 0 Å². The van der Waals surface area contributed by atoms with Crippen LogP contribution in [0.3, 0.4) is 0 Å². The van der Waals surface area contributed by atoms with E-state index in [2.05, 4.69) is 0 Å². The first kappa shape index (κ1) is 12.0. The first-order valence-corrected chi connectivity index (χ1v) is 4.84. The number of aliphatic carboxylic acids is 2. The minimum absolute atomic E-state index is 0.0573. The van der Waals surface area contributed by atoms with Crippen molar-refractivity contribution < 1.29 is 24.9 Å². The third kappa shape index (κ3) is 2.12. The normalized spacial score (nSPS) is 41.1. The summed E-state index contributed by atoms with van der Waals surface area (Å²) in [5, 5.41) is 27.6. The number of carboxylic acids is 2. The summed E-state index contributed by atoms with van der Waals surface area (Å²) >= 11 is 0. The number of rotatable bonds is 2. The fraction of sp³-hybridized carbons (Fsp3) is 0.800. The van der Waals surface area contributed by atoms with Crippen LogP contribution in [-0.4, -0.2) is 33.4 Å². The van der Waals surface area contributed by atoms with Crippen molar-refractivity contribution in [2.24, 2.45) is 10.8 Å². The van der Waals surface area contributed by atoms with Crippen LogP contribution in [0.15, 0.2) is 0 Å². The Morgan fingerprint density at radius 1 is 1.07 bits per heavy atom. The highest BCUT2D eigenvalue weighted by molar-refractivity contribution is 5.79. The van der Waals surface area contributed by atoms with Gasteiger partial charge < -0.3 is 15.3 Å². The lowest BCUT2D eigenvalue weighted by atomic mass is 9.62. The van der Waals surface area contributed by atoms with Gasteiger partial charge in [-0.2, -0.15) is 0 Å². The largest absolute Gasteiger partial charge is 0.481 e. The highest BCUT2D eigenvalue weighted by Gasteiger charge is 2.51. The maximum atomic E-state index is 11.0. The highest BCUT2D eigenvalue weighted by atomic mass is 16.4. The monoisotopic (exact) mass is 216 g/mol. The molecular formula is C10H16O5. The molecular weight excluding hydrogens is 200 g/mol. The van der Waals surface area contributed by atoms with Gasteiger partial charge in [-0.1, -0.05) is 0 Å². The van der Waals surface area contributed by atoms with E-state index in [9.17, 15) is 14.7 Å². The molecule has 0 bridgehead atoms. The molecule has 0 radical (unpaired) electrons. The van der Waals surface area contributed by atoms with Crippen LogP contribution in [0.25, 0.3) is 0 Å². The van der Waals surface area contributed by atoms with Gasteiger partial charge in [-0.15, -0.1) is 0 Å². The zero-order valence-corrected chi connectivity index (χ0v) is 8.86. The van der Waals surface area contributed by atoms with E-state index >= 15 is 0 Å². The molecule has 1 fully saturated rings. The molecule has 1 rings (SSSR count). The number of aliphatic hydroxyl groups excluding tert-OH is 1. The average Bonchev–Trinajstić information content (AvgIpc) is 2.00. The summed E-state index contributed by atoms with van der Waals surface area (Å²) in [6.45, 7) is 2.97. The Morgan fingerprint density at radius 2 is 1.40 bits per heavy atom. The van der Waals surface area contributed by atoms with Gasteiger partial charge in [0.15, 0.2) is 0 Å². The Bertz CT molecular complexity index is 272. The molecule has 3 N–H and O–H groups in total. The smallest absolute Gasteiger partial charge is 0.309 e. The SMILES string of the molecule is CC1(C(=O)O)CC(O)CC(C)(C(=O)O)C1. The van der Waals surface area contributed by atoms with Gasteiger partial charge in [-0.05, 0) is 33.1 Å². The van der Waals surface area contributed by atoms with Crippen molar-refractivity contribution in [2.75, 3.05) is 0 Å². The molecule has 0 saturated heterocycles. The summed E-state index contributed by atoms with van der Waals surface area (Å²) in [7, 11) is 0. The number of hydrogen-bond acceptors (Lipinski definition) is 3. The predicted octanol–water partition coefficient (Wildman–Crippen LogP) is 0.713.